The minimum absolute atomic E-state index is 0.0870. The highest BCUT2D eigenvalue weighted by atomic mass is 16.5. The highest BCUT2D eigenvalue weighted by Crippen LogP contribution is 2.16. The topological polar surface area (TPSA) is 102 Å². The van der Waals surface area contributed by atoms with Crippen LogP contribution in [0, 0.1) is 6.92 Å². The molecule has 0 saturated heterocycles. The van der Waals surface area contributed by atoms with Crippen molar-refractivity contribution in [3.05, 3.63) is 69.8 Å². The molecule has 2 heterocycles. The largest absolute Gasteiger partial charge is 0.484 e. The van der Waals surface area contributed by atoms with Crippen molar-refractivity contribution >= 4 is 22.7 Å². The van der Waals surface area contributed by atoms with Gasteiger partial charge >= 0.3 is 0 Å². The van der Waals surface area contributed by atoms with Gasteiger partial charge in [-0.1, -0.05) is 12.1 Å². The fourth-order valence-electron chi connectivity index (χ4n) is 3.31. The fraction of sp³-hybridized carbons (Fsp3) is 0.238. The van der Waals surface area contributed by atoms with Gasteiger partial charge in [0.25, 0.3) is 17.4 Å². The maximum absolute atomic E-state index is 12.5. The second-order valence-electron chi connectivity index (χ2n) is 6.93. The third-order valence-electron chi connectivity index (χ3n) is 4.75. The number of aromatic nitrogens is 2. The van der Waals surface area contributed by atoms with Crippen LogP contribution in [0.3, 0.4) is 0 Å². The summed E-state index contributed by atoms with van der Waals surface area (Å²) in [5.74, 6) is 0.320. The first-order valence-electron chi connectivity index (χ1n) is 9.33. The van der Waals surface area contributed by atoms with Crippen molar-refractivity contribution in [3.8, 4) is 5.75 Å². The predicted molar refractivity (Wildman–Crippen MR) is 107 cm³/mol. The van der Waals surface area contributed by atoms with E-state index in [0.717, 1.165) is 24.2 Å². The Morgan fingerprint density at radius 2 is 2.03 bits per heavy atom. The Labute approximate surface area is 166 Å². The maximum atomic E-state index is 12.5. The average Bonchev–Trinajstić information content (AvgIpc) is 3.19. The molecule has 3 aromatic rings. The van der Waals surface area contributed by atoms with E-state index in [1.807, 2.05) is 25.1 Å². The van der Waals surface area contributed by atoms with Crippen LogP contribution in [0.15, 0.2) is 47.3 Å². The number of nitrogens with one attached hydrogen (secondary N) is 2. The lowest BCUT2D eigenvalue weighted by Crippen LogP contribution is -2.43. The van der Waals surface area contributed by atoms with Crippen molar-refractivity contribution < 1.29 is 14.3 Å². The van der Waals surface area contributed by atoms with Crippen LogP contribution in [0.25, 0.3) is 10.9 Å². The molecule has 0 fully saturated rings. The molecule has 0 unspecified atom stereocenters. The minimum Gasteiger partial charge on any atom is -0.484 e. The molecule has 1 aliphatic heterocycles. The van der Waals surface area contributed by atoms with Crippen LogP contribution < -0.4 is 21.1 Å². The number of hydrogen-bond acceptors (Lipinski definition) is 5. The molecule has 1 aliphatic rings. The predicted octanol–water partition coefficient (Wildman–Crippen LogP) is 1.49. The van der Waals surface area contributed by atoms with E-state index in [1.54, 1.807) is 22.8 Å². The molecule has 0 bridgehead atoms. The molecular weight excluding hydrogens is 372 g/mol. The van der Waals surface area contributed by atoms with E-state index < -0.39 is 11.8 Å². The van der Waals surface area contributed by atoms with E-state index in [1.165, 1.54) is 6.07 Å². The molecule has 8 nitrogen and oxygen atoms in total. The van der Waals surface area contributed by atoms with E-state index in [0.29, 0.717) is 28.8 Å². The van der Waals surface area contributed by atoms with E-state index in [9.17, 15) is 14.4 Å². The summed E-state index contributed by atoms with van der Waals surface area (Å²) < 4.78 is 7.07. The zero-order valence-corrected chi connectivity index (χ0v) is 15.9. The number of carbonyl (C=O) groups is 2. The number of carbonyl (C=O) groups excluding carboxylic acids is 2. The molecule has 148 valence electrons. The summed E-state index contributed by atoms with van der Waals surface area (Å²) in [6.07, 6.45) is 1.64. The second-order valence-corrected chi connectivity index (χ2v) is 6.93. The number of ether oxygens (including phenoxy) is 1. The normalized spacial score (nSPS) is 12.4. The summed E-state index contributed by atoms with van der Waals surface area (Å²) >= 11 is 0. The Balaban J connectivity index is 1.39. The van der Waals surface area contributed by atoms with Crippen molar-refractivity contribution in [1.82, 2.24) is 20.4 Å². The van der Waals surface area contributed by atoms with Crippen molar-refractivity contribution in [2.24, 2.45) is 0 Å². The summed E-state index contributed by atoms with van der Waals surface area (Å²) in [7, 11) is 0. The summed E-state index contributed by atoms with van der Waals surface area (Å²) in [5, 5.41) is 0.475. The highest BCUT2D eigenvalue weighted by molar-refractivity contribution is 5.98. The van der Waals surface area contributed by atoms with Gasteiger partial charge in [-0.15, -0.1) is 0 Å². The lowest BCUT2D eigenvalue weighted by atomic mass is 10.1. The quantitative estimate of drug-likeness (QED) is 0.655. The first-order valence-corrected chi connectivity index (χ1v) is 9.33. The van der Waals surface area contributed by atoms with Gasteiger partial charge in [-0.25, -0.2) is 4.98 Å². The molecule has 4 rings (SSSR count). The van der Waals surface area contributed by atoms with Crippen molar-refractivity contribution in [1.29, 1.82) is 0 Å². The maximum Gasteiger partial charge on any atom is 0.276 e. The lowest BCUT2D eigenvalue weighted by molar-refractivity contribution is -0.123. The lowest BCUT2D eigenvalue weighted by Gasteiger charge is -2.10. The minimum atomic E-state index is -0.502. The van der Waals surface area contributed by atoms with Crippen LogP contribution >= 0.6 is 0 Å². The standard InChI is InChI=1S/C21H20N4O4/c1-13-4-2-5-15(10-13)29-12-19(26)23-24-20(27)14-7-8-16-17(11-14)22-18-6-3-9-25(18)21(16)28/h2,4-5,7-8,10-11H,3,6,9,12H2,1H3,(H,23,26)(H,24,27). The molecule has 0 atom stereocenters. The van der Waals surface area contributed by atoms with Crippen molar-refractivity contribution in [3.63, 3.8) is 0 Å². The molecule has 2 amide bonds. The van der Waals surface area contributed by atoms with Gasteiger partial charge in [-0.05, 0) is 49.2 Å². The van der Waals surface area contributed by atoms with Gasteiger partial charge in [0.1, 0.15) is 11.6 Å². The van der Waals surface area contributed by atoms with Crippen LogP contribution in [-0.4, -0.2) is 28.0 Å². The Kier molecular flexibility index (Phi) is 4.99. The Morgan fingerprint density at radius 3 is 2.86 bits per heavy atom. The number of amides is 2. The van der Waals surface area contributed by atoms with Gasteiger partial charge in [0.05, 0.1) is 10.9 Å². The van der Waals surface area contributed by atoms with Crippen LogP contribution in [0.2, 0.25) is 0 Å². The number of nitrogens with zero attached hydrogens (tertiary/aromatic N) is 2. The van der Waals surface area contributed by atoms with Crippen LogP contribution in [0.5, 0.6) is 5.75 Å². The highest BCUT2D eigenvalue weighted by Gasteiger charge is 2.17. The second kappa shape index (κ2) is 7.75. The number of aryl methyl sites for hydroxylation is 2. The van der Waals surface area contributed by atoms with Gasteiger partial charge in [-0.3, -0.25) is 29.8 Å². The molecular formula is C21H20N4O4. The van der Waals surface area contributed by atoms with Gasteiger partial charge in [-0.2, -0.15) is 0 Å². The van der Waals surface area contributed by atoms with Gasteiger partial charge in [0.15, 0.2) is 6.61 Å². The monoisotopic (exact) mass is 392 g/mol. The van der Waals surface area contributed by atoms with Gasteiger partial charge in [0.2, 0.25) is 0 Å². The SMILES string of the molecule is Cc1cccc(OCC(=O)NNC(=O)c2ccc3c(=O)n4c(nc3c2)CCC4)c1. The zero-order valence-electron chi connectivity index (χ0n) is 15.9. The van der Waals surface area contributed by atoms with E-state index in [4.69, 9.17) is 4.74 Å². The summed E-state index contributed by atoms with van der Waals surface area (Å²) in [6.45, 7) is 2.37. The molecule has 29 heavy (non-hydrogen) atoms. The summed E-state index contributed by atoms with van der Waals surface area (Å²) in [4.78, 5) is 41.2. The Morgan fingerprint density at radius 1 is 1.17 bits per heavy atom. The third-order valence-corrected chi connectivity index (χ3v) is 4.75. The van der Waals surface area contributed by atoms with Crippen molar-refractivity contribution in [2.45, 2.75) is 26.3 Å². The average molecular weight is 392 g/mol. The fourth-order valence-corrected chi connectivity index (χ4v) is 3.31. The molecule has 8 heteroatoms. The summed E-state index contributed by atoms with van der Waals surface area (Å²) in [6, 6.07) is 12.0. The zero-order chi connectivity index (χ0) is 20.4. The number of benzene rings is 2. The van der Waals surface area contributed by atoms with E-state index in [-0.39, 0.29) is 12.2 Å². The molecule has 2 aromatic carbocycles. The van der Waals surface area contributed by atoms with Crippen molar-refractivity contribution in [2.75, 3.05) is 6.61 Å². The number of hydrogen-bond donors (Lipinski definition) is 2. The Hall–Kier alpha value is -3.68. The molecule has 1 aromatic heterocycles. The van der Waals surface area contributed by atoms with Gasteiger partial charge in [0, 0.05) is 18.5 Å². The van der Waals surface area contributed by atoms with Crippen LogP contribution in [0.4, 0.5) is 0 Å². The van der Waals surface area contributed by atoms with E-state index >= 15 is 0 Å². The smallest absolute Gasteiger partial charge is 0.276 e. The van der Waals surface area contributed by atoms with Crippen LogP contribution in [-0.2, 0) is 17.8 Å². The summed E-state index contributed by atoms with van der Waals surface area (Å²) in [5.41, 5.74) is 6.37. The number of fused-ring (bicyclic) bond motifs is 2. The number of rotatable bonds is 4. The molecule has 0 radical (unpaired) electrons. The molecule has 0 aliphatic carbocycles. The molecule has 0 saturated carbocycles. The van der Waals surface area contributed by atoms with E-state index in [2.05, 4.69) is 15.8 Å². The first kappa shape index (κ1) is 18.7. The third kappa shape index (κ3) is 3.96. The van der Waals surface area contributed by atoms with Gasteiger partial charge < -0.3 is 4.74 Å². The molecule has 2 N–H and O–H groups in total. The first-order chi connectivity index (χ1) is 14.0. The Bertz CT molecular complexity index is 1170. The van der Waals surface area contributed by atoms with Crippen LogP contribution in [0.1, 0.15) is 28.2 Å². The number of hydrazine groups is 1. The molecule has 0 spiro atoms.